The minimum Gasteiger partial charge on any atom is -0.381 e. The van der Waals surface area contributed by atoms with Gasteiger partial charge in [-0.3, -0.25) is 10.1 Å². The molecule has 0 bridgehead atoms. The molecule has 21 heavy (non-hydrogen) atoms. The lowest BCUT2D eigenvalue weighted by molar-refractivity contribution is -0.130. The Bertz CT molecular complexity index is 422. The van der Waals surface area contributed by atoms with E-state index in [1.165, 1.54) is 5.56 Å². The minimum absolute atomic E-state index is 0.0311. The van der Waals surface area contributed by atoms with Crippen molar-refractivity contribution in [3.63, 3.8) is 0 Å². The van der Waals surface area contributed by atoms with Gasteiger partial charge in [-0.25, -0.2) is 0 Å². The predicted octanol–water partition coefficient (Wildman–Crippen LogP) is 3.16. The summed E-state index contributed by atoms with van der Waals surface area (Å²) < 4.78 is 5.52. The molecule has 1 aliphatic heterocycles. The quantitative estimate of drug-likeness (QED) is 0.712. The Morgan fingerprint density at radius 3 is 2.86 bits per heavy atom. The van der Waals surface area contributed by atoms with Crippen LogP contribution in [0.25, 0.3) is 0 Å². The lowest BCUT2D eigenvalue weighted by Gasteiger charge is -2.23. The maximum atomic E-state index is 12.5. The van der Waals surface area contributed by atoms with Crippen LogP contribution in [0.2, 0.25) is 0 Å². The third-order valence-corrected chi connectivity index (χ3v) is 4.43. The first-order valence-electron chi connectivity index (χ1n) is 7.94. The average molecular weight is 310 g/mol. The SMILES string of the molecule is CCCOCCCN1C(=O)C(CCC)NC1c1ccsc1. The number of rotatable bonds is 9. The zero-order valence-electron chi connectivity index (χ0n) is 13.0. The first-order chi connectivity index (χ1) is 10.3. The number of carbonyl (C=O) groups is 1. The van der Waals surface area contributed by atoms with E-state index in [0.29, 0.717) is 0 Å². The van der Waals surface area contributed by atoms with E-state index < -0.39 is 0 Å². The first kappa shape index (κ1) is 16.5. The lowest BCUT2D eigenvalue weighted by Crippen LogP contribution is -2.32. The summed E-state index contributed by atoms with van der Waals surface area (Å²) in [6.45, 7) is 6.52. The van der Waals surface area contributed by atoms with Crippen molar-refractivity contribution in [2.45, 2.75) is 51.7 Å². The van der Waals surface area contributed by atoms with Crippen molar-refractivity contribution >= 4 is 17.2 Å². The van der Waals surface area contributed by atoms with Crippen molar-refractivity contribution in [1.82, 2.24) is 10.2 Å². The van der Waals surface area contributed by atoms with Gasteiger partial charge in [0, 0.05) is 19.8 Å². The molecule has 1 fully saturated rings. The Balaban J connectivity index is 1.94. The van der Waals surface area contributed by atoms with E-state index in [1.807, 2.05) is 4.90 Å². The zero-order valence-corrected chi connectivity index (χ0v) is 13.8. The topological polar surface area (TPSA) is 41.6 Å². The molecule has 4 nitrogen and oxygen atoms in total. The van der Waals surface area contributed by atoms with E-state index in [-0.39, 0.29) is 18.1 Å². The molecule has 1 N–H and O–H groups in total. The second-order valence-electron chi connectivity index (χ2n) is 5.46. The normalized spacial score (nSPS) is 22.2. The van der Waals surface area contributed by atoms with E-state index in [9.17, 15) is 4.79 Å². The van der Waals surface area contributed by atoms with Crippen LogP contribution in [0.15, 0.2) is 16.8 Å². The third kappa shape index (κ3) is 4.28. The molecule has 118 valence electrons. The number of thiophene rings is 1. The van der Waals surface area contributed by atoms with Gasteiger partial charge in [0.1, 0.15) is 6.17 Å². The van der Waals surface area contributed by atoms with Gasteiger partial charge in [0.2, 0.25) is 5.91 Å². The molecular weight excluding hydrogens is 284 g/mol. The molecule has 2 atom stereocenters. The van der Waals surface area contributed by atoms with Crippen molar-refractivity contribution in [2.75, 3.05) is 19.8 Å². The Kier molecular flexibility index (Phi) is 6.67. The van der Waals surface area contributed by atoms with Crippen LogP contribution in [0.4, 0.5) is 0 Å². The van der Waals surface area contributed by atoms with Crippen LogP contribution in [0.5, 0.6) is 0 Å². The highest BCUT2D eigenvalue weighted by Gasteiger charge is 2.38. The molecule has 1 amide bonds. The summed E-state index contributed by atoms with van der Waals surface area (Å²) in [6, 6.07) is 2.07. The number of ether oxygens (including phenoxy) is 1. The van der Waals surface area contributed by atoms with Crippen molar-refractivity contribution < 1.29 is 9.53 Å². The molecule has 2 rings (SSSR count). The molecular formula is C16H26N2O2S. The molecule has 1 aromatic rings. The Morgan fingerprint density at radius 2 is 2.19 bits per heavy atom. The van der Waals surface area contributed by atoms with Gasteiger partial charge >= 0.3 is 0 Å². The van der Waals surface area contributed by atoms with Crippen molar-refractivity contribution in [3.05, 3.63) is 22.4 Å². The van der Waals surface area contributed by atoms with E-state index in [2.05, 4.69) is 36.0 Å². The fourth-order valence-electron chi connectivity index (χ4n) is 2.70. The Labute approximate surface area is 131 Å². The number of nitrogens with zero attached hydrogens (tertiary/aromatic N) is 1. The maximum Gasteiger partial charge on any atom is 0.241 e. The molecule has 1 aliphatic rings. The van der Waals surface area contributed by atoms with Gasteiger partial charge < -0.3 is 9.64 Å². The summed E-state index contributed by atoms with van der Waals surface area (Å²) in [5.74, 6) is 0.239. The number of hydrogen-bond donors (Lipinski definition) is 1. The summed E-state index contributed by atoms with van der Waals surface area (Å²) in [5, 5.41) is 7.68. The van der Waals surface area contributed by atoms with Gasteiger partial charge in [-0.15, -0.1) is 0 Å². The molecule has 5 heteroatoms. The number of nitrogens with one attached hydrogen (secondary N) is 1. The van der Waals surface area contributed by atoms with Gasteiger partial charge in [-0.2, -0.15) is 11.3 Å². The minimum atomic E-state index is -0.0311. The van der Waals surface area contributed by atoms with E-state index in [4.69, 9.17) is 4.74 Å². The highest BCUT2D eigenvalue weighted by molar-refractivity contribution is 7.07. The van der Waals surface area contributed by atoms with Crippen molar-refractivity contribution in [2.24, 2.45) is 0 Å². The summed E-state index contributed by atoms with van der Waals surface area (Å²) in [4.78, 5) is 14.5. The largest absolute Gasteiger partial charge is 0.381 e. The molecule has 2 heterocycles. The molecule has 0 aliphatic carbocycles. The van der Waals surface area contributed by atoms with Gasteiger partial charge in [0.25, 0.3) is 0 Å². The number of hydrogen-bond acceptors (Lipinski definition) is 4. The number of amides is 1. The van der Waals surface area contributed by atoms with Crippen molar-refractivity contribution in [1.29, 1.82) is 0 Å². The standard InChI is InChI=1S/C16H26N2O2S/c1-3-6-14-16(19)18(8-5-10-20-9-4-2)15(17-14)13-7-11-21-12-13/h7,11-12,14-15,17H,3-6,8-10H2,1-2H3. The monoisotopic (exact) mass is 310 g/mol. The van der Waals surface area contributed by atoms with Crippen LogP contribution in [0.1, 0.15) is 51.3 Å². The summed E-state index contributed by atoms with van der Waals surface area (Å²) in [5.41, 5.74) is 1.20. The highest BCUT2D eigenvalue weighted by Crippen LogP contribution is 2.28. The molecule has 1 saturated heterocycles. The fourth-order valence-corrected chi connectivity index (χ4v) is 3.38. The summed E-state index contributed by atoms with van der Waals surface area (Å²) in [7, 11) is 0. The van der Waals surface area contributed by atoms with Crippen LogP contribution < -0.4 is 5.32 Å². The zero-order chi connectivity index (χ0) is 15.1. The average Bonchev–Trinajstić information content (AvgIpc) is 3.10. The first-order valence-corrected chi connectivity index (χ1v) is 8.88. The molecule has 0 saturated carbocycles. The van der Waals surface area contributed by atoms with E-state index in [1.54, 1.807) is 11.3 Å². The van der Waals surface area contributed by atoms with Gasteiger partial charge in [0.05, 0.1) is 6.04 Å². The van der Waals surface area contributed by atoms with E-state index in [0.717, 1.165) is 45.4 Å². The van der Waals surface area contributed by atoms with Crippen LogP contribution >= 0.6 is 11.3 Å². The molecule has 1 aromatic heterocycles. The Hall–Kier alpha value is -0.910. The number of carbonyl (C=O) groups excluding carboxylic acids is 1. The van der Waals surface area contributed by atoms with Crippen molar-refractivity contribution in [3.8, 4) is 0 Å². The van der Waals surface area contributed by atoms with Crippen LogP contribution in [-0.4, -0.2) is 36.6 Å². The molecule has 0 spiro atoms. The van der Waals surface area contributed by atoms with Gasteiger partial charge in [-0.05, 0) is 41.7 Å². The fraction of sp³-hybridized carbons (Fsp3) is 0.688. The van der Waals surface area contributed by atoms with Crippen LogP contribution in [0.3, 0.4) is 0 Å². The van der Waals surface area contributed by atoms with E-state index >= 15 is 0 Å². The Morgan fingerprint density at radius 1 is 1.33 bits per heavy atom. The van der Waals surface area contributed by atoms with Crippen LogP contribution in [-0.2, 0) is 9.53 Å². The third-order valence-electron chi connectivity index (χ3n) is 3.72. The second-order valence-corrected chi connectivity index (χ2v) is 6.24. The predicted molar refractivity (Wildman–Crippen MR) is 86.3 cm³/mol. The lowest BCUT2D eigenvalue weighted by atomic mass is 10.2. The van der Waals surface area contributed by atoms with Gasteiger partial charge in [0.15, 0.2) is 0 Å². The van der Waals surface area contributed by atoms with Crippen LogP contribution in [0, 0.1) is 0 Å². The second kappa shape index (κ2) is 8.51. The molecule has 2 unspecified atom stereocenters. The molecule has 0 radical (unpaired) electrons. The maximum absolute atomic E-state index is 12.5. The highest BCUT2D eigenvalue weighted by atomic mass is 32.1. The smallest absolute Gasteiger partial charge is 0.241 e. The van der Waals surface area contributed by atoms with Gasteiger partial charge in [-0.1, -0.05) is 20.3 Å². The summed E-state index contributed by atoms with van der Waals surface area (Å²) in [6.07, 6.45) is 3.90. The summed E-state index contributed by atoms with van der Waals surface area (Å²) >= 11 is 1.68. The molecule has 0 aromatic carbocycles.